The van der Waals surface area contributed by atoms with Crippen LogP contribution in [-0.4, -0.2) is 22.9 Å². The van der Waals surface area contributed by atoms with Crippen molar-refractivity contribution in [2.24, 2.45) is 0 Å². The molecule has 0 bridgehead atoms. The number of halogens is 2. The van der Waals surface area contributed by atoms with Crippen LogP contribution >= 0.6 is 23.2 Å². The maximum absolute atomic E-state index is 12.9. The molecule has 1 aliphatic heterocycles. The Morgan fingerprint density at radius 1 is 1.11 bits per heavy atom. The third-order valence-corrected chi connectivity index (χ3v) is 5.21. The number of hydrogen-bond acceptors (Lipinski definition) is 3. The van der Waals surface area contributed by atoms with E-state index in [1.807, 2.05) is 6.07 Å². The highest BCUT2D eigenvalue weighted by Gasteiger charge is 2.52. The van der Waals surface area contributed by atoms with Crippen LogP contribution in [0.2, 0.25) is 10.0 Å². The SMILES string of the molecule is CC[C@]1(c2ccccc2)NC(=O)N(NC(=O)Cc2ccc(Cl)c(Cl)c2)C1=O. The maximum Gasteiger partial charge on any atom is 0.344 e. The molecule has 0 aromatic heterocycles. The largest absolute Gasteiger partial charge is 0.344 e. The van der Waals surface area contributed by atoms with Crippen LogP contribution in [0.25, 0.3) is 0 Å². The summed E-state index contributed by atoms with van der Waals surface area (Å²) in [6, 6.07) is 13.1. The van der Waals surface area contributed by atoms with Crippen LogP contribution in [0.5, 0.6) is 0 Å². The smallest absolute Gasteiger partial charge is 0.318 e. The summed E-state index contributed by atoms with van der Waals surface area (Å²) in [7, 11) is 0. The Bertz CT molecular complexity index is 904. The summed E-state index contributed by atoms with van der Waals surface area (Å²) in [4.78, 5) is 37.6. The van der Waals surface area contributed by atoms with Crippen molar-refractivity contribution in [3.63, 3.8) is 0 Å². The highest BCUT2D eigenvalue weighted by atomic mass is 35.5. The van der Waals surface area contributed by atoms with Crippen LogP contribution in [0.1, 0.15) is 24.5 Å². The first-order valence-electron chi connectivity index (χ1n) is 8.33. The number of rotatable bonds is 5. The first-order chi connectivity index (χ1) is 12.9. The van der Waals surface area contributed by atoms with Gasteiger partial charge in [-0.05, 0) is 29.7 Å². The van der Waals surface area contributed by atoms with Gasteiger partial charge in [-0.3, -0.25) is 15.0 Å². The van der Waals surface area contributed by atoms with Crippen LogP contribution in [0.15, 0.2) is 48.5 Å². The van der Waals surface area contributed by atoms with Gasteiger partial charge in [0.05, 0.1) is 16.5 Å². The zero-order valence-electron chi connectivity index (χ0n) is 14.5. The minimum absolute atomic E-state index is 0.0571. The molecule has 1 fully saturated rings. The molecular weight excluding hydrogens is 389 g/mol. The summed E-state index contributed by atoms with van der Waals surface area (Å²) in [6.07, 6.45) is 0.291. The monoisotopic (exact) mass is 405 g/mol. The van der Waals surface area contributed by atoms with E-state index >= 15 is 0 Å². The molecule has 6 nitrogen and oxygen atoms in total. The van der Waals surface area contributed by atoms with Crippen molar-refractivity contribution in [2.45, 2.75) is 25.3 Å². The minimum atomic E-state index is -1.20. The van der Waals surface area contributed by atoms with Crippen molar-refractivity contribution in [1.82, 2.24) is 15.8 Å². The summed E-state index contributed by atoms with van der Waals surface area (Å²) in [5.41, 5.74) is 2.45. The molecule has 0 radical (unpaired) electrons. The molecule has 0 aliphatic carbocycles. The summed E-state index contributed by atoms with van der Waals surface area (Å²) < 4.78 is 0. The second kappa shape index (κ2) is 7.58. The Morgan fingerprint density at radius 2 is 1.81 bits per heavy atom. The van der Waals surface area contributed by atoms with Gasteiger partial charge in [0, 0.05) is 0 Å². The number of hydrazine groups is 1. The van der Waals surface area contributed by atoms with Gasteiger partial charge >= 0.3 is 6.03 Å². The Morgan fingerprint density at radius 3 is 2.44 bits per heavy atom. The van der Waals surface area contributed by atoms with Gasteiger partial charge < -0.3 is 5.32 Å². The lowest BCUT2D eigenvalue weighted by atomic mass is 9.87. The molecule has 27 heavy (non-hydrogen) atoms. The van der Waals surface area contributed by atoms with E-state index < -0.39 is 23.4 Å². The molecule has 0 unspecified atom stereocenters. The predicted molar refractivity (Wildman–Crippen MR) is 102 cm³/mol. The molecule has 2 N–H and O–H groups in total. The second-order valence-electron chi connectivity index (χ2n) is 6.16. The van der Waals surface area contributed by atoms with Gasteiger partial charge in [-0.1, -0.05) is 66.5 Å². The molecule has 140 valence electrons. The fourth-order valence-electron chi connectivity index (χ4n) is 3.04. The molecule has 2 aromatic rings. The van der Waals surface area contributed by atoms with Gasteiger partial charge in [-0.2, -0.15) is 5.01 Å². The highest BCUT2D eigenvalue weighted by molar-refractivity contribution is 6.42. The molecule has 0 saturated carbocycles. The van der Waals surface area contributed by atoms with E-state index in [2.05, 4.69) is 10.7 Å². The maximum atomic E-state index is 12.9. The fraction of sp³-hybridized carbons (Fsp3) is 0.211. The lowest BCUT2D eigenvalue weighted by molar-refractivity contribution is -0.139. The van der Waals surface area contributed by atoms with Crippen molar-refractivity contribution in [3.05, 3.63) is 69.7 Å². The zero-order valence-corrected chi connectivity index (χ0v) is 16.0. The third kappa shape index (κ3) is 3.63. The quantitative estimate of drug-likeness (QED) is 0.747. The number of nitrogens with one attached hydrogen (secondary N) is 2. The standard InChI is InChI=1S/C19H17Cl2N3O3/c1-2-19(13-6-4-3-5-7-13)17(26)24(18(27)22-19)23-16(25)11-12-8-9-14(20)15(21)10-12/h3-10H,2,11H2,1H3,(H,22,27)(H,23,25)/t19-/m1/s1. The normalized spacial score (nSPS) is 19.1. The molecule has 3 rings (SSSR count). The van der Waals surface area contributed by atoms with Gasteiger partial charge in [0.2, 0.25) is 5.91 Å². The molecule has 2 aromatic carbocycles. The van der Waals surface area contributed by atoms with Crippen LogP contribution in [-0.2, 0) is 21.5 Å². The van der Waals surface area contributed by atoms with Gasteiger partial charge in [-0.15, -0.1) is 0 Å². The van der Waals surface area contributed by atoms with Crippen molar-refractivity contribution in [1.29, 1.82) is 0 Å². The van der Waals surface area contributed by atoms with Crippen LogP contribution < -0.4 is 10.7 Å². The number of amides is 4. The summed E-state index contributed by atoms with van der Waals surface area (Å²) in [5.74, 6) is -1.04. The molecule has 4 amide bonds. The number of nitrogens with zero attached hydrogens (tertiary/aromatic N) is 1. The minimum Gasteiger partial charge on any atom is -0.318 e. The summed E-state index contributed by atoms with van der Waals surface area (Å²) >= 11 is 11.8. The zero-order chi connectivity index (χ0) is 19.6. The van der Waals surface area contributed by atoms with E-state index in [0.717, 1.165) is 5.01 Å². The van der Waals surface area contributed by atoms with E-state index in [1.54, 1.807) is 49.4 Å². The molecular formula is C19H17Cl2N3O3. The van der Waals surface area contributed by atoms with Crippen LogP contribution in [0.4, 0.5) is 4.79 Å². The fourth-order valence-corrected chi connectivity index (χ4v) is 3.36. The number of imide groups is 1. The first-order valence-corrected chi connectivity index (χ1v) is 9.08. The molecule has 8 heteroatoms. The van der Waals surface area contributed by atoms with Crippen molar-refractivity contribution in [3.8, 4) is 0 Å². The number of carbonyl (C=O) groups excluding carboxylic acids is 3. The third-order valence-electron chi connectivity index (χ3n) is 4.47. The van der Waals surface area contributed by atoms with Gasteiger partial charge in [-0.25, -0.2) is 4.79 Å². The van der Waals surface area contributed by atoms with Crippen molar-refractivity contribution in [2.75, 3.05) is 0 Å². The number of hydrogen-bond donors (Lipinski definition) is 2. The average molecular weight is 406 g/mol. The van der Waals surface area contributed by atoms with Crippen LogP contribution in [0.3, 0.4) is 0 Å². The van der Waals surface area contributed by atoms with Crippen molar-refractivity contribution < 1.29 is 14.4 Å². The first kappa shape index (κ1) is 19.2. The molecule has 1 saturated heterocycles. The van der Waals surface area contributed by atoms with Crippen LogP contribution in [0, 0.1) is 0 Å². The summed E-state index contributed by atoms with van der Waals surface area (Å²) in [6.45, 7) is 1.80. The Kier molecular flexibility index (Phi) is 5.39. The molecule has 1 heterocycles. The second-order valence-corrected chi connectivity index (χ2v) is 6.97. The molecule has 0 spiro atoms. The number of benzene rings is 2. The van der Waals surface area contributed by atoms with Crippen molar-refractivity contribution >= 4 is 41.0 Å². The Labute approximate surface area is 166 Å². The number of carbonyl (C=O) groups is 3. The van der Waals surface area contributed by atoms with E-state index in [9.17, 15) is 14.4 Å². The topological polar surface area (TPSA) is 78.5 Å². The van der Waals surface area contributed by atoms with E-state index in [0.29, 0.717) is 27.6 Å². The summed E-state index contributed by atoms with van der Waals surface area (Å²) in [5, 5.41) is 4.14. The lowest BCUT2D eigenvalue weighted by Gasteiger charge is -2.25. The lowest BCUT2D eigenvalue weighted by Crippen LogP contribution is -2.49. The molecule has 1 atom stereocenters. The molecule has 1 aliphatic rings. The Hall–Kier alpha value is -2.57. The predicted octanol–water partition coefficient (Wildman–Crippen LogP) is 3.42. The number of urea groups is 1. The van der Waals surface area contributed by atoms with E-state index in [1.165, 1.54) is 0 Å². The Balaban J connectivity index is 1.77. The van der Waals surface area contributed by atoms with Gasteiger partial charge in [0.15, 0.2) is 0 Å². The average Bonchev–Trinajstić information content (AvgIpc) is 2.90. The van der Waals surface area contributed by atoms with Gasteiger partial charge in [0.25, 0.3) is 5.91 Å². The van der Waals surface area contributed by atoms with E-state index in [4.69, 9.17) is 23.2 Å². The van der Waals surface area contributed by atoms with E-state index in [-0.39, 0.29) is 6.42 Å². The highest BCUT2D eigenvalue weighted by Crippen LogP contribution is 2.31. The van der Waals surface area contributed by atoms with Gasteiger partial charge in [0.1, 0.15) is 5.54 Å².